The van der Waals surface area contributed by atoms with E-state index in [-0.39, 0.29) is 17.5 Å². The van der Waals surface area contributed by atoms with E-state index in [0.29, 0.717) is 18.7 Å². The number of nitriles is 1. The second-order valence-corrected chi connectivity index (χ2v) is 4.19. The summed E-state index contributed by atoms with van der Waals surface area (Å²) in [6.45, 7) is 4.31. The summed E-state index contributed by atoms with van der Waals surface area (Å²) in [4.78, 5) is 13.4. The standard InChI is InChI=1S/C11H17N5O/c1-7(2)9-8(13)10(15-14-9)11(17)16(3)6-4-5-12/h7H,4,6,13H2,1-3H3,(H,14,15). The first-order chi connectivity index (χ1) is 7.99. The number of anilines is 1. The molecule has 0 aliphatic rings. The van der Waals surface area contributed by atoms with Gasteiger partial charge in [-0.2, -0.15) is 10.4 Å². The molecule has 1 rings (SSSR count). The van der Waals surface area contributed by atoms with Crippen molar-refractivity contribution in [2.45, 2.75) is 26.2 Å². The van der Waals surface area contributed by atoms with E-state index in [4.69, 9.17) is 11.0 Å². The number of amides is 1. The lowest BCUT2D eigenvalue weighted by molar-refractivity contribution is 0.0793. The zero-order valence-corrected chi connectivity index (χ0v) is 10.3. The molecule has 1 amide bonds. The van der Waals surface area contributed by atoms with Crippen LogP contribution in [0.15, 0.2) is 0 Å². The van der Waals surface area contributed by atoms with E-state index in [0.717, 1.165) is 5.69 Å². The Labute approximate surface area is 100 Å². The molecular weight excluding hydrogens is 218 g/mol. The zero-order valence-electron chi connectivity index (χ0n) is 10.3. The van der Waals surface area contributed by atoms with E-state index in [1.54, 1.807) is 7.05 Å². The van der Waals surface area contributed by atoms with Crippen LogP contribution >= 0.6 is 0 Å². The molecule has 17 heavy (non-hydrogen) atoms. The third-order valence-corrected chi connectivity index (χ3v) is 2.52. The number of hydrogen-bond acceptors (Lipinski definition) is 4. The number of carbonyl (C=O) groups excluding carboxylic acids is 1. The number of aromatic amines is 1. The average molecular weight is 235 g/mol. The van der Waals surface area contributed by atoms with Gasteiger partial charge < -0.3 is 10.6 Å². The molecule has 92 valence electrons. The monoisotopic (exact) mass is 235 g/mol. The molecule has 0 unspecified atom stereocenters. The Balaban J connectivity index is 2.87. The van der Waals surface area contributed by atoms with Crippen LogP contribution in [0.2, 0.25) is 0 Å². The van der Waals surface area contributed by atoms with Crippen LogP contribution in [0.4, 0.5) is 5.69 Å². The number of H-pyrrole nitrogens is 1. The summed E-state index contributed by atoms with van der Waals surface area (Å²) >= 11 is 0. The van der Waals surface area contributed by atoms with Crippen LogP contribution in [0, 0.1) is 11.3 Å². The number of nitrogen functional groups attached to an aromatic ring is 1. The van der Waals surface area contributed by atoms with Crippen molar-refractivity contribution in [1.29, 1.82) is 5.26 Å². The second-order valence-electron chi connectivity index (χ2n) is 4.19. The highest BCUT2D eigenvalue weighted by Crippen LogP contribution is 2.22. The predicted octanol–water partition coefficient (Wildman–Crippen LogP) is 1.10. The SMILES string of the molecule is CC(C)c1[nH]nc(C(=O)N(C)CCC#N)c1N. The van der Waals surface area contributed by atoms with E-state index in [9.17, 15) is 4.79 Å². The van der Waals surface area contributed by atoms with E-state index < -0.39 is 0 Å². The summed E-state index contributed by atoms with van der Waals surface area (Å²) in [6, 6.07) is 1.99. The van der Waals surface area contributed by atoms with Crippen molar-refractivity contribution >= 4 is 11.6 Å². The van der Waals surface area contributed by atoms with Crippen molar-refractivity contribution in [2.75, 3.05) is 19.3 Å². The lowest BCUT2D eigenvalue weighted by Crippen LogP contribution is -2.28. The third-order valence-electron chi connectivity index (χ3n) is 2.52. The van der Waals surface area contributed by atoms with Gasteiger partial charge in [0.25, 0.3) is 5.91 Å². The van der Waals surface area contributed by atoms with Crippen molar-refractivity contribution in [3.05, 3.63) is 11.4 Å². The van der Waals surface area contributed by atoms with Gasteiger partial charge in [-0.3, -0.25) is 9.89 Å². The molecule has 0 bridgehead atoms. The van der Waals surface area contributed by atoms with Crippen molar-refractivity contribution < 1.29 is 4.79 Å². The molecule has 0 aliphatic carbocycles. The van der Waals surface area contributed by atoms with Gasteiger partial charge in [0.15, 0.2) is 5.69 Å². The second kappa shape index (κ2) is 5.34. The highest BCUT2D eigenvalue weighted by atomic mass is 16.2. The molecular formula is C11H17N5O. The van der Waals surface area contributed by atoms with Crippen molar-refractivity contribution in [3.8, 4) is 6.07 Å². The summed E-state index contributed by atoms with van der Waals surface area (Å²) in [5, 5.41) is 15.2. The third kappa shape index (κ3) is 2.75. The molecule has 0 atom stereocenters. The van der Waals surface area contributed by atoms with Crippen LogP contribution in [-0.4, -0.2) is 34.6 Å². The summed E-state index contributed by atoms with van der Waals surface area (Å²) in [5.41, 5.74) is 7.26. The number of carbonyl (C=O) groups is 1. The maximum absolute atomic E-state index is 12.0. The van der Waals surface area contributed by atoms with Crippen molar-refractivity contribution in [1.82, 2.24) is 15.1 Å². The zero-order chi connectivity index (χ0) is 13.0. The van der Waals surface area contributed by atoms with Gasteiger partial charge in [0.2, 0.25) is 0 Å². The lowest BCUT2D eigenvalue weighted by atomic mass is 10.1. The molecule has 0 saturated heterocycles. The smallest absolute Gasteiger partial charge is 0.276 e. The fourth-order valence-corrected chi connectivity index (χ4v) is 1.47. The van der Waals surface area contributed by atoms with Gasteiger partial charge in [-0.05, 0) is 5.92 Å². The molecule has 1 heterocycles. The van der Waals surface area contributed by atoms with E-state index in [2.05, 4.69) is 10.2 Å². The number of rotatable bonds is 4. The van der Waals surface area contributed by atoms with Crippen LogP contribution in [0.3, 0.4) is 0 Å². The quantitative estimate of drug-likeness (QED) is 0.816. The molecule has 1 aromatic rings. The highest BCUT2D eigenvalue weighted by Gasteiger charge is 2.21. The minimum absolute atomic E-state index is 0.188. The number of nitrogens with zero attached hydrogens (tertiary/aromatic N) is 3. The first-order valence-corrected chi connectivity index (χ1v) is 5.45. The molecule has 3 N–H and O–H groups in total. The first-order valence-electron chi connectivity index (χ1n) is 5.45. The molecule has 0 aromatic carbocycles. The van der Waals surface area contributed by atoms with Gasteiger partial charge in [-0.1, -0.05) is 13.8 Å². The number of nitrogens with one attached hydrogen (secondary N) is 1. The lowest BCUT2D eigenvalue weighted by Gasteiger charge is -2.14. The van der Waals surface area contributed by atoms with E-state index >= 15 is 0 Å². The number of nitrogens with two attached hydrogens (primary N) is 1. The van der Waals surface area contributed by atoms with Gasteiger partial charge in [-0.15, -0.1) is 0 Å². The summed E-state index contributed by atoms with van der Waals surface area (Å²) in [6.07, 6.45) is 0.295. The minimum Gasteiger partial charge on any atom is -0.395 e. The van der Waals surface area contributed by atoms with Crippen LogP contribution in [0.1, 0.15) is 42.4 Å². The van der Waals surface area contributed by atoms with Crippen LogP contribution < -0.4 is 5.73 Å². The molecule has 0 aliphatic heterocycles. The van der Waals surface area contributed by atoms with Crippen molar-refractivity contribution in [3.63, 3.8) is 0 Å². The van der Waals surface area contributed by atoms with Gasteiger partial charge in [-0.25, -0.2) is 0 Å². The molecule has 1 aromatic heterocycles. The fraction of sp³-hybridized carbons (Fsp3) is 0.545. The Morgan fingerprint density at radius 3 is 2.76 bits per heavy atom. The normalized spacial score (nSPS) is 10.3. The molecule has 6 heteroatoms. The molecule has 0 spiro atoms. The molecule has 0 radical (unpaired) electrons. The topological polar surface area (TPSA) is 98.8 Å². The Kier molecular flexibility index (Phi) is 4.10. The minimum atomic E-state index is -0.263. The molecule has 0 saturated carbocycles. The van der Waals surface area contributed by atoms with Crippen LogP contribution in [0.5, 0.6) is 0 Å². The van der Waals surface area contributed by atoms with Crippen molar-refractivity contribution in [2.24, 2.45) is 0 Å². The highest BCUT2D eigenvalue weighted by molar-refractivity contribution is 5.97. The molecule has 0 fully saturated rings. The largest absolute Gasteiger partial charge is 0.395 e. The summed E-state index contributed by atoms with van der Waals surface area (Å²) in [5.74, 6) is -0.0747. The Hall–Kier alpha value is -2.03. The van der Waals surface area contributed by atoms with Gasteiger partial charge in [0, 0.05) is 13.6 Å². The maximum atomic E-state index is 12.0. The number of aromatic nitrogens is 2. The van der Waals surface area contributed by atoms with Crippen LogP contribution in [-0.2, 0) is 0 Å². The Morgan fingerprint density at radius 2 is 2.29 bits per heavy atom. The Bertz CT molecular complexity index is 443. The van der Waals surface area contributed by atoms with Gasteiger partial charge >= 0.3 is 0 Å². The summed E-state index contributed by atoms with van der Waals surface area (Å²) < 4.78 is 0. The van der Waals surface area contributed by atoms with E-state index in [1.807, 2.05) is 19.9 Å². The maximum Gasteiger partial charge on any atom is 0.276 e. The van der Waals surface area contributed by atoms with Gasteiger partial charge in [0.1, 0.15) is 0 Å². The summed E-state index contributed by atoms with van der Waals surface area (Å²) in [7, 11) is 1.63. The van der Waals surface area contributed by atoms with Crippen LogP contribution in [0.25, 0.3) is 0 Å². The first kappa shape index (κ1) is 13.0. The Morgan fingerprint density at radius 1 is 1.65 bits per heavy atom. The number of hydrogen-bond donors (Lipinski definition) is 2. The van der Waals surface area contributed by atoms with E-state index in [1.165, 1.54) is 4.90 Å². The van der Waals surface area contributed by atoms with Gasteiger partial charge in [0.05, 0.1) is 23.9 Å². The molecule has 6 nitrogen and oxygen atoms in total. The fourth-order valence-electron chi connectivity index (χ4n) is 1.47. The average Bonchev–Trinajstić information content (AvgIpc) is 2.67. The predicted molar refractivity (Wildman–Crippen MR) is 64.3 cm³/mol.